The molecule has 2 aromatic carbocycles. The molecule has 1 fully saturated rings. The van der Waals surface area contributed by atoms with E-state index in [2.05, 4.69) is 0 Å². The highest BCUT2D eigenvalue weighted by molar-refractivity contribution is 7.10. The lowest BCUT2D eigenvalue weighted by Gasteiger charge is -2.25. The van der Waals surface area contributed by atoms with E-state index in [0.717, 1.165) is 21.6 Å². The molecule has 1 aliphatic heterocycles. The predicted octanol–water partition coefficient (Wildman–Crippen LogP) is 5.96. The number of benzene rings is 2. The Labute approximate surface area is 195 Å². The van der Waals surface area contributed by atoms with Crippen molar-refractivity contribution < 1.29 is 19.4 Å². The van der Waals surface area contributed by atoms with E-state index in [1.54, 1.807) is 37.4 Å². The summed E-state index contributed by atoms with van der Waals surface area (Å²) >= 11 is 7.62. The third-order valence-corrected chi connectivity index (χ3v) is 6.98. The maximum atomic E-state index is 13.3. The second kappa shape index (κ2) is 8.45. The van der Waals surface area contributed by atoms with Gasteiger partial charge in [-0.25, -0.2) is 0 Å². The highest BCUT2D eigenvalue weighted by Gasteiger charge is 2.48. The molecule has 1 aromatic heterocycles. The maximum absolute atomic E-state index is 13.3. The number of methoxy groups -OCH3 is 1. The van der Waals surface area contributed by atoms with Gasteiger partial charge in [-0.1, -0.05) is 17.7 Å². The van der Waals surface area contributed by atoms with Crippen LogP contribution in [-0.4, -0.2) is 23.9 Å². The second-order valence-electron chi connectivity index (χ2n) is 7.75. The van der Waals surface area contributed by atoms with Crippen LogP contribution in [0.15, 0.2) is 53.4 Å². The summed E-state index contributed by atoms with van der Waals surface area (Å²) in [7, 11) is 1.58. The average Bonchev–Trinajstić information content (AvgIpc) is 3.29. The minimum absolute atomic E-state index is 0.0631. The van der Waals surface area contributed by atoms with Crippen LogP contribution in [0.2, 0.25) is 5.02 Å². The van der Waals surface area contributed by atoms with Crippen molar-refractivity contribution in [3.8, 4) is 5.75 Å². The van der Waals surface area contributed by atoms with Crippen molar-refractivity contribution in [2.24, 2.45) is 0 Å². The molecule has 0 spiro atoms. The van der Waals surface area contributed by atoms with E-state index in [0.29, 0.717) is 22.0 Å². The van der Waals surface area contributed by atoms with Gasteiger partial charge < -0.3 is 9.84 Å². The first-order chi connectivity index (χ1) is 15.2. The Hall–Kier alpha value is -3.09. The first-order valence-electron chi connectivity index (χ1n) is 10.0. The molecular formula is C25H22ClNO4S. The van der Waals surface area contributed by atoms with Gasteiger partial charge in [-0.2, -0.15) is 0 Å². The lowest BCUT2D eigenvalue weighted by atomic mass is 9.95. The number of aryl methyl sites for hydroxylation is 3. The van der Waals surface area contributed by atoms with Crippen LogP contribution in [0.3, 0.4) is 0 Å². The number of aliphatic hydroxyl groups excluding tert-OH is 1. The van der Waals surface area contributed by atoms with E-state index in [9.17, 15) is 14.7 Å². The van der Waals surface area contributed by atoms with Crippen molar-refractivity contribution in [2.75, 3.05) is 12.0 Å². The van der Waals surface area contributed by atoms with Crippen LogP contribution in [0.25, 0.3) is 5.76 Å². The quantitative estimate of drug-likeness (QED) is 0.292. The first-order valence-corrected chi connectivity index (χ1v) is 11.3. The molecule has 1 atom stereocenters. The molecular weight excluding hydrogens is 446 g/mol. The van der Waals surface area contributed by atoms with E-state index >= 15 is 0 Å². The second-order valence-corrected chi connectivity index (χ2v) is 9.14. The molecule has 0 radical (unpaired) electrons. The fourth-order valence-electron chi connectivity index (χ4n) is 4.05. The number of amides is 1. The van der Waals surface area contributed by atoms with E-state index < -0.39 is 17.7 Å². The molecule has 7 heteroatoms. The topological polar surface area (TPSA) is 66.8 Å². The van der Waals surface area contributed by atoms with Crippen LogP contribution >= 0.6 is 22.9 Å². The van der Waals surface area contributed by atoms with E-state index in [1.807, 2.05) is 38.3 Å². The molecule has 3 aromatic rings. The van der Waals surface area contributed by atoms with Crippen molar-refractivity contribution in [3.05, 3.63) is 85.6 Å². The summed E-state index contributed by atoms with van der Waals surface area (Å²) in [5.41, 5.74) is 3.54. The number of halogens is 1. The minimum Gasteiger partial charge on any atom is -0.507 e. The summed E-state index contributed by atoms with van der Waals surface area (Å²) in [6.45, 7) is 5.61. The normalized spacial score (nSPS) is 17.8. The van der Waals surface area contributed by atoms with E-state index in [4.69, 9.17) is 16.3 Å². The number of hydrogen-bond donors (Lipinski definition) is 1. The number of ketones is 1. The highest BCUT2D eigenvalue weighted by atomic mass is 35.5. The van der Waals surface area contributed by atoms with Crippen molar-refractivity contribution in [2.45, 2.75) is 26.8 Å². The van der Waals surface area contributed by atoms with Crippen molar-refractivity contribution in [1.82, 2.24) is 0 Å². The molecule has 164 valence electrons. The summed E-state index contributed by atoms with van der Waals surface area (Å²) < 4.78 is 5.37. The predicted molar refractivity (Wildman–Crippen MR) is 128 cm³/mol. The Morgan fingerprint density at radius 1 is 1.06 bits per heavy atom. The first kappa shape index (κ1) is 22.1. The van der Waals surface area contributed by atoms with Crippen LogP contribution in [0.1, 0.15) is 33.2 Å². The van der Waals surface area contributed by atoms with Gasteiger partial charge in [-0.05, 0) is 79.2 Å². The lowest BCUT2D eigenvalue weighted by molar-refractivity contribution is -0.132. The number of rotatable bonds is 4. The SMILES string of the molecule is COc1cc(C)c(/C(O)=C2\C(=O)C(=O)N(c3cccc(Cl)c3)C2c2sccc2C)cc1C. The molecule has 4 rings (SSSR count). The Bertz CT molecular complexity index is 1280. The van der Waals surface area contributed by atoms with Crippen LogP contribution < -0.4 is 9.64 Å². The number of thiophene rings is 1. The average molecular weight is 468 g/mol. The molecule has 0 bridgehead atoms. The number of carbonyl (C=O) groups is 2. The van der Waals surface area contributed by atoms with E-state index in [-0.39, 0.29) is 11.3 Å². The molecule has 0 saturated carbocycles. The van der Waals surface area contributed by atoms with E-state index in [1.165, 1.54) is 16.2 Å². The molecule has 1 aliphatic rings. The maximum Gasteiger partial charge on any atom is 0.300 e. The molecule has 1 N–H and O–H groups in total. The number of nitrogens with zero attached hydrogens (tertiary/aromatic N) is 1. The van der Waals surface area contributed by atoms with Crippen molar-refractivity contribution >= 4 is 46.1 Å². The summed E-state index contributed by atoms with van der Waals surface area (Å²) in [6.07, 6.45) is 0. The molecule has 0 aliphatic carbocycles. The molecule has 32 heavy (non-hydrogen) atoms. The van der Waals surface area contributed by atoms with Crippen LogP contribution in [-0.2, 0) is 9.59 Å². The summed E-state index contributed by atoms with van der Waals surface area (Å²) in [6, 6.07) is 11.6. The Morgan fingerprint density at radius 3 is 2.44 bits per heavy atom. The van der Waals surface area contributed by atoms with Gasteiger partial charge in [0.2, 0.25) is 0 Å². The van der Waals surface area contributed by atoms with Gasteiger partial charge in [0, 0.05) is 21.2 Å². The lowest BCUT2D eigenvalue weighted by Crippen LogP contribution is -2.29. The highest BCUT2D eigenvalue weighted by Crippen LogP contribution is 2.45. The van der Waals surface area contributed by atoms with Gasteiger partial charge >= 0.3 is 0 Å². The zero-order valence-electron chi connectivity index (χ0n) is 18.1. The zero-order chi connectivity index (χ0) is 23.2. The minimum atomic E-state index is -0.754. The number of hydrogen-bond acceptors (Lipinski definition) is 5. The third-order valence-electron chi connectivity index (χ3n) is 5.68. The van der Waals surface area contributed by atoms with Crippen LogP contribution in [0, 0.1) is 20.8 Å². The Kier molecular flexibility index (Phi) is 5.84. The standard InChI is InChI=1S/C25H22ClNO4S/c1-13-8-9-32-24(13)21-20(22(28)18-10-15(3)19(31-4)11-14(18)2)23(29)25(30)27(21)17-7-5-6-16(26)12-17/h5-12,21,28H,1-4H3/b22-20+. The van der Waals surface area contributed by atoms with Crippen LogP contribution in [0.4, 0.5) is 5.69 Å². The Morgan fingerprint density at radius 2 is 1.81 bits per heavy atom. The van der Waals surface area contributed by atoms with Gasteiger partial charge in [0.25, 0.3) is 11.7 Å². The van der Waals surface area contributed by atoms with Crippen LogP contribution in [0.5, 0.6) is 5.75 Å². The monoisotopic (exact) mass is 467 g/mol. The number of aliphatic hydroxyl groups is 1. The Balaban J connectivity index is 1.98. The molecule has 1 amide bonds. The van der Waals surface area contributed by atoms with Crippen molar-refractivity contribution in [3.63, 3.8) is 0 Å². The van der Waals surface area contributed by atoms with Gasteiger partial charge in [0.1, 0.15) is 17.6 Å². The fraction of sp³-hybridized carbons (Fsp3) is 0.200. The number of Topliss-reactive ketones (excluding diaryl/α,β-unsaturated/α-hetero) is 1. The third kappa shape index (κ3) is 3.59. The number of carbonyl (C=O) groups excluding carboxylic acids is 2. The number of ether oxygens (including phenoxy) is 1. The fourth-order valence-corrected chi connectivity index (χ4v) is 5.26. The summed E-state index contributed by atoms with van der Waals surface area (Å²) in [5.74, 6) is -0.944. The van der Waals surface area contributed by atoms with Gasteiger partial charge in [-0.15, -0.1) is 11.3 Å². The zero-order valence-corrected chi connectivity index (χ0v) is 19.7. The molecule has 1 unspecified atom stereocenters. The largest absolute Gasteiger partial charge is 0.507 e. The summed E-state index contributed by atoms with van der Waals surface area (Å²) in [4.78, 5) is 28.7. The van der Waals surface area contributed by atoms with Gasteiger partial charge in [-0.3, -0.25) is 14.5 Å². The molecule has 2 heterocycles. The summed E-state index contributed by atoms with van der Waals surface area (Å²) in [5, 5.41) is 13.7. The molecule has 5 nitrogen and oxygen atoms in total. The van der Waals surface area contributed by atoms with Crippen molar-refractivity contribution in [1.29, 1.82) is 0 Å². The van der Waals surface area contributed by atoms with Gasteiger partial charge in [0.15, 0.2) is 0 Å². The number of anilines is 1. The smallest absolute Gasteiger partial charge is 0.300 e. The molecule has 1 saturated heterocycles. The van der Waals surface area contributed by atoms with Gasteiger partial charge in [0.05, 0.1) is 12.7 Å².